The Morgan fingerprint density at radius 1 is 1.20 bits per heavy atom. The molecule has 0 aliphatic heterocycles. The minimum Gasteiger partial charge on any atom is -0.480 e. The Balaban J connectivity index is 2.20. The third kappa shape index (κ3) is 3.46. The van der Waals surface area contributed by atoms with Crippen LogP contribution >= 0.6 is 15.9 Å². The fourth-order valence-electron chi connectivity index (χ4n) is 1.78. The Morgan fingerprint density at radius 3 is 2.50 bits per heavy atom. The van der Waals surface area contributed by atoms with Crippen molar-refractivity contribution in [2.75, 3.05) is 14.2 Å². The van der Waals surface area contributed by atoms with Gasteiger partial charge in [-0.05, 0) is 17.7 Å². The zero-order valence-electron chi connectivity index (χ0n) is 11.2. The number of ether oxygens (including phenoxy) is 2. The molecular formula is C14H15BrN2O3. The molecular weight excluding hydrogens is 324 g/mol. The van der Waals surface area contributed by atoms with Crippen LogP contribution in [0.1, 0.15) is 17.4 Å². The molecule has 1 atom stereocenters. The smallest absolute Gasteiger partial charge is 0.241 e. The Hall–Kier alpha value is -1.66. The molecule has 5 nitrogen and oxygen atoms in total. The van der Waals surface area contributed by atoms with Gasteiger partial charge >= 0.3 is 0 Å². The van der Waals surface area contributed by atoms with Crippen LogP contribution in [0.25, 0.3) is 0 Å². The average molecular weight is 339 g/mol. The van der Waals surface area contributed by atoms with E-state index >= 15 is 0 Å². The molecule has 0 radical (unpaired) electrons. The minimum atomic E-state index is -0.787. The monoisotopic (exact) mass is 338 g/mol. The van der Waals surface area contributed by atoms with Crippen LogP contribution in [0.2, 0.25) is 0 Å². The first-order valence-electron chi connectivity index (χ1n) is 6.01. The van der Waals surface area contributed by atoms with E-state index in [1.807, 2.05) is 24.3 Å². The number of benzene rings is 1. The minimum absolute atomic E-state index is 0.272. The second-order valence-corrected chi connectivity index (χ2v) is 5.07. The van der Waals surface area contributed by atoms with E-state index in [2.05, 4.69) is 25.9 Å². The number of aliphatic hydroxyl groups excluding tert-OH is 1. The SMILES string of the molecule is COc1cnc(C(O)Cc2ccc(Br)cc2)c(OC)n1. The van der Waals surface area contributed by atoms with Crippen molar-refractivity contribution >= 4 is 15.9 Å². The quantitative estimate of drug-likeness (QED) is 0.907. The lowest BCUT2D eigenvalue weighted by atomic mass is 10.1. The number of nitrogens with zero attached hydrogens (tertiary/aromatic N) is 2. The fourth-order valence-corrected chi connectivity index (χ4v) is 2.05. The molecule has 2 aromatic rings. The molecule has 0 spiro atoms. The number of aliphatic hydroxyl groups is 1. The van der Waals surface area contributed by atoms with Crippen LogP contribution in [0.15, 0.2) is 34.9 Å². The number of hydrogen-bond donors (Lipinski definition) is 1. The highest BCUT2D eigenvalue weighted by Gasteiger charge is 2.18. The summed E-state index contributed by atoms with van der Waals surface area (Å²) in [6, 6.07) is 7.74. The van der Waals surface area contributed by atoms with Crippen LogP contribution in [-0.4, -0.2) is 29.3 Å². The molecule has 2 rings (SSSR count). The molecule has 20 heavy (non-hydrogen) atoms. The molecule has 0 bridgehead atoms. The molecule has 1 aromatic heterocycles. The Labute approximate surface area is 125 Å². The van der Waals surface area contributed by atoms with Gasteiger partial charge in [0, 0.05) is 10.9 Å². The van der Waals surface area contributed by atoms with Crippen LogP contribution < -0.4 is 9.47 Å². The zero-order valence-corrected chi connectivity index (χ0v) is 12.8. The first-order valence-corrected chi connectivity index (χ1v) is 6.80. The summed E-state index contributed by atoms with van der Waals surface area (Å²) in [7, 11) is 2.99. The molecule has 0 fully saturated rings. The standard InChI is InChI=1S/C14H15BrN2O3/c1-19-12-8-16-13(14(17-12)20-2)11(18)7-9-3-5-10(15)6-4-9/h3-6,8,11,18H,7H2,1-2H3. The topological polar surface area (TPSA) is 64.5 Å². The molecule has 0 saturated heterocycles. The lowest BCUT2D eigenvalue weighted by Crippen LogP contribution is -2.08. The fraction of sp³-hybridized carbons (Fsp3) is 0.286. The largest absolute Gasteiger partial charge is 0.480 e. The average Bonchev–Trinajstić information content (AvgIpc) is 2.48. The lowest BCUT2D eigenvalue weighted by molar-refractivity contribution is 0.167. The van der Waals surface area contributed by atoms with Crippen LogP contribution in [0, 0.1) is 0 Å². The van der Waals surface area contributed by atoms with Gasteiger partial charge in [-0.25, -0.2) is 4.98 Å². The Kier molecular flexibility index (Phi) is 4.92. The second-order valence-electron chi connectivity index (χ2n) is 4.15. The highest BCUT2D eigenvalue weighted by atomic mass is 79.9. The molecule has 1 unspecified atom stereocenters. The van der Waals surface area contributed by atoms with Gasteiger partial charge in [0.2, 0.25) is 11.8 Å². The van der Waals surface area contributed by atoms with E-state index in [9.17, 15) is 5.11 Å². The van der Waals surface area contributed by atoms with Crippen molar-refractivity contribution in [3.63, 3.8) is 0 Å². The number of rotatable bonds is 5. The maximum Gasteiger partial charge on any atom is 0.241 e. The normalized spacial score (nSPS) is 12.0. The van der Waals surface area contributed by atoms with Gasteiger partial charge in [-0.1, -0.05) is 28.1 Å². The molecule has 0 saturated carbocycles. The van der Waals surface area contributed by atoms with E-state index in [1.54, 1.807) is 0 Å². The third-order valence-electron chi connectivity index (χ3n) is 2.81. The van der Waals surface area contributed by atoms with Crippen LogP contribution in [-0.2, 0) is 6.42 Å². The first kappa shape index (κ1) is 14.7. The lowest BCUT2D eigenvalue weighted by Gasteiger charge is -2.13. The van der Waals surface area contributed by atoms with Crippen molar-refractivity contribution < 1.29 is 14.6 Å². The maximum absolute atomic E-state index is 10.3. The summed E-state index contributed by atoms with van der Waals surface area (Å²) in [5.41, 5.74) is 1.40. The van der Waals surface area contributed by atoms with Crippen LogP contribution in [0.5, 0.6) is 11.8 Å². The van der Waals surface area contributed by atoms with Gasteiger partial charge in [0.15, 0.2) is 0 Å². The second kappa shape index (κ2) is 6.67. The predicted octanol–water partition coefficient (Wildman–Crippen LogP) is 2.53. The van der Waals surface area contributed by atoms with Crippen molar-refractivity contribution in [1.29, 1.82) is 0 Å². The number of halogens is 1. The van der Waals surface area contributed by atoms with Gasteiger partial charge < -0.3 is 14.6 Å². The summed E-state index contributed by atoms with van der Waals surface area (Å²) in [6.07, 6.45) is 1.11. The molecule has 0 aliphatic rings. The van der Waals surface area contributed by atoms with Crippen LogP contribution in [0.4, 0.5) is 0 Å². The summed E-state index contributed by atoms with van der Waals surface area (Å²) in [5.74, 6) is 0.621. The van der Waals surface area contributed by atoms with Gasteiger partial charge in [0.1, 0.15) is 11.8 Å². The molecule has 1 N–H and O–H groups in total. The molecule has 0 amide bonds. The third-order valence-corrected chi connectivity index (χ3v) is 3.33. The number of aromatic nitrogens is 2. The van der Waals surface area contributed by atoms with Crippen LogP contribution in [0.3, 0.4) is 0 Å². The molecule has 1 heterocycles. The van der Waals surface area contributed by atoms with Crippen molar-refractivity contribution in [1.82, 2.24) is 9.97 Å². The zero-order chi connectivity index (χ0) is 14.5. The summed E-state index contributed by atoms with van der Waals surface area (Å²) in [6.45, 7) is 0. The Bertz CT molecular complexity index is 575. The van der Waals surface area contributed by atoms with E-state index < -0.39 is 6.10 Å². The van der Waals surface area contributed by atoms with E-state index in [1.165, 1.54) is 20.4 Å². The van der Waals surface area contributed by atoms with Gasteiger partial charge in [-0.3, -0.25) is 0 Å². The summed E-state index contributed by atoms with van der Waals surface area (Å²) >= 11 is 3.38. The summed E-state index contributed by atoms with van der Waals surface area (Å²) in [4.78, 5) is 8.27. The first-order chi connectivity index (χ1) is 9.63. The van der Waals surface area contributed by atoms with Gasteiger partial charge in [0.25, 0.3) is 0 Å². The predicted molar refractivity (Wildman–Crippen MR) is 77.9 cm³/mol. The number of hydrogen-bond acceptors (Lipinski definition) is 5. The number of methoxy groups -OCH3 is 2. The maximum atomic E-state index is 10.3. The molecule has 6 heteroatoms. The van der Waals surface area contributed by atoms with Gasteiger partial charge in [0.05, 0.1) is 20.4 Å². The van der Waals surface area contributed by atoms with E-state index in [4.69, 9.17) is 9.47 Å². The highest BCUT2D eigenvalue weighted by Crippen LogP contribution is 2.26. The summed E-state index contributed by atoms with van der Waals surface area (Å²) in [5, 5.41) is 10.3. The Morgan fingerprint density at radius 2 is 1.90 bits per heavy atom. The molecule has 106 valence electrons. The van der Waals surface area contributed by atoms with E-state index in [-0.39, 0.29) is 5.88 Å². The van der Waals surface area contributed by atoms with Crippen molar-refractivity contribution in [3.8, 4) is 11.8 Å². The van der Waals surface area contributed by atoms with E-state index in [0.29, 0.717) is 18.0 Å². The molecule has 1 aromatic carbocycles. The van der Waals surface area contributed by atoms with Gasteiger partial charge in [-0.2, -0.15) is 4.98 Å². The summed E-state index contributed by atoms with van der Waals surface area (Å²) < 4.78 is 11.1. The van der Waals surface area contributed by atoms with E-state index in [0.717, 1.165) is 10.0 Å². The van der Waals surface area contributed by atoms with Crippen molar-refractivity contribution in [3.05, 3.63) is 46.2 Å². The molecule has 0 aliphatic carbocycles. The van der Waals surface area contributed by atoms with Crippen molar-refractivity contribution in [2.24, 2.45) is 0 Å². The van der Waals surface area contributed by atoms with Gasteiger partial charge in [-0.15, -0.1) is 0 Å². The highest BCUT2D eigenvalue weighted by molar-refractivity contribution is 9.10. The van der Waals surface area contributed by atoms with Crippen molar-refractivity contribution in [2.45, 2.75) is 12.5 Å².